The molecule has 0 fully saturated rings. The number of hydrogen-bond acceptors (Lipinski definition) is 1. The van der Waals surface area contributed by atoms with Crippen LogP contribution in [0, 0.1) is 0 Å². The molecule has 0 spiro atoms. The fraction of sp³-hybridized carbons (Fsp3) is 0. The van der Waals surface area contributed by atoms with Crippen molar-refractivity contribution in [3.63, 3.8) is 0 Å². The zero-order chi connectivity index (χ0) is 6.41. The summed E-state index contributed by atoms with van der Waals surface area (Å²) in [5.74, 6) is 0. The van der Waals surface area contributed by atoms with Crippen molar-refractivity contribution in [2.75, 3.05) is 0 Å². The van der Waals surface area contributed by atoms with Gasteiger partial charge >= 0.3 is 34.4 Å². The normalized spacial score (nSPS) is 18.0. The summed E-state index contributed by atoms with van der Waals surface area (Å²) in [6.45, 7) is 0. The molecule has 0 heterocycles. The summed E-state index contributed by atoms with van der Waals surface area (Å²) in [7, 11) is -10.7. The Morgan fingerprint density at radius 1 is 0.778 bits per heavy atom. The van der Waals surface area contributed by atoms with Gasteiger partial charge in [-0.15, -0.1) is 0 Å². The molecule has 0 aliphatic heterocycles. The minimum atomic E-state index is -10.7. The van der Waals surface area contributed by atoms with E-state index in [1.807, 2.05) is 0 Å². The molecule has 0 aromatic heterocycles. The molecule has 2 nitrogen and oxygen atoms in total. The van der Waals surface area contributed by atoms with E-state index in [9.17, 15) is 25.2 Å². The Balaban J connectivity index is -0.0000000600. The van der Waals surface area contributed by atoms with Gasteiger partial charge in [-0.1, -0.05) is 0 Å². The molecule has 0 aliphatic carbocycles. The molecular formula is H6F6NOP. The van der Waals surface area contributed by atoms with Crippen LogP contribution in [0.25, 0.3) is 0 Å². The van der Waals surface area contributed by atoms with Gasteiger partial charge in [0.25, 0.3) is 0 Å². The molecule has 0 rings (SSSR count). The first kappa shape index (κ1) is 16.0. The minimum Gasteiger partial charge on any atom is -0.412 e. The molecule has 0 saturated carbocycles. The first-order chi connectivity index (χ1) is 2.45. The monoisotopic (exact) mass is 181 g/mol. The van der Waals surface area contributed by atoms with Crippen molar-refractivity contribution in [1.82, 2.24) is 6.15 Å². The predicted molar refractivity (Wildman–Crippen MR) is 23.3 cm³/mol. The Labute approximate surface area is 47.5 Å². The van der Waals surface area contributed by atoms with Gasteiger partial charge in [-0.2, -0.15) is 0 Å². The van der Waals surface area contributed by atoms with Crippen LogP contribution >= 0.6 is 7.81 Å². The first-order valence-corrected chi connectivity index (χ1v) is 3.04. The Morgan fingerprint density at radius 3 is 0.778 bits per heavy atom. The van der Waals surface area contributed by atoms with Crippen LogP contribution in [-0.2, 0) is 0 Å². The zero-order valence-electron chi connectivity index (χ0n) is 4.92. The van der Waals surface area contributed by atoms with Crippen LogP contribution in [0.4, 0.5) is 25.2 Å². The maximum Gasteiger partial charge on any atom is 1.00 e. The molecule has 0 saturated heterocycles. The molecule has 0 aromatic rings. The fourth-order valence-electron chi connectivity index (χ4n) is 0. The van der Waals surface area contributed by atoms with Crippen LogP contribution in [0.2, 0.25) is 0 Å². The first-order valence-electron chi connectivity index (χ1n) is 1.01. The second-order valence-electron chi connectivity index (χ2n) is 0.958. The summed E-state index contributed by atoms with van der Waals surface area (Å²) >= 11 is 0. The van der Waals surface area contributed by atoms with Crippen molar-refractivity contribution >= 4 is 7.81 Å². The van der Waals surface area contributed by atoms with Gasteiger partial charge in [0.2, 0.25) is 0 Å². The van der Waals surface area contributed by atoms with Crippen molar-refractivity contribution in [3.8, 4) is 0 Å². The van der Waals surface area contributed by atoms with Crippen LogP contribution < -0.4 is 6.15 Å². The van der Waals surface area contributed by atoms with Crippen LogP contribution in [0.15, 0.2) is 0 Å². The van der Waals surface area contributed by atoms with Gasteiger partial charge in [0, 0.05) is 0 Å². The third-order valence-corrected chi connectivity index (χ3v) is 0. The van der Waals surface area contributed by atoms with Crippen molar-refractivity contribution in [1.29, 1.82) is 0 Å². The topological polar surface area (TPSA) is 66.5 Å². The maximum atomic E-state index is 9.87. The Morgan fingerprint density at radius 2 is 0.778 bits per heavy atom. The molecule has 64 valence electrons. The van der Waals surface area contributed by atoms with Crippen molar-refractivity contribution < 1.29 is 32.1 Å². The van der Waals surface area contributed by atoms with Gasteiger partial charge < -0.3 is 11.6 Å². The van der Waals surface area contributed by atoms with E-state index in [-0.39, 0.29) is 13.1 Å². The molecule has 0 aromatic carbocycles. The van der Waals surface area contributed by atoms with E-state index in [1.165, 1.54) is 0 Å². The molecular weight excluding hydrogens is 175 g/mol. The molecule has 5 N–H and O–H groups in total. The van der Waals surface area contributed by atoms with Crippen LogP contribution in [-0.4, -0.2) is 5.48 Å². The van der Waals surface area contributed by atoms with Gasteiger partial charge in [0.1, 0.15) is 0 Å². The van der Waals surface area contributed by atoms with E-state index < -0.39 is 7.81 Å². The van der Waals surface area contributed by atoms with Gasteiger partial charge in [-0.05, 0) is 0 Å². The molecule has 0 unspecified atom stereocenters. The van der Waals surface area contributed by atoms with Crippen molar-refractivity contribution in [2.24, 2.45) is 0 Å². The Hall–Kier alpha value is -0.0700. The Bertz CT molecular complexity index is 76.3. The van der Waals surface area contributed by atoms with Gasteiger partial charge in [-0.3, -0.25) is 0 Å². The summed E-state index contributed by atoms with van der Waals surface area (Å²) in [6.07, 6.45) is 0. The van der Waals surface area contributed by atoms with Crippen LogP contribution in [0.3, 0.4) is 0 Å². The largest absolute Gasteiger partial charge is 1.00 e. The smallest absolute Gasteiger partial charge is 0.412 e. The van der Waals surface area contributed by atoms with E-state index >= 15 is 0 Å². The average Bonchev–Trinajstić information content (AvgIpc) is 0.592. The van der Waals surface area contributed by atoms with E-state index in [1.54, 1.807) is 0 Å². The van der Waals surface area contributed by atoms with Crippen molar-refractivity contribution in [2.45, 2.75) is 0 Å². The minimum absolute atomic E-state index is 0. The van der Waals surface area contributed by atoms with E-state index in [2.05, 4.69) is 0 Å². The van der Waals surface area contributed by atoms with Gasteiger partial charge in [0.05, 0.1) is 0 Å². The second-order valence-corrected chi connectivity index (χ2v) is 2.87. The zero-order valence-corrected chi connectivity index (χ0v) is 4.82. The number of hydrogen-bond donors (Lipinski definition) is 1. The molecule has 0 atom stereocenters. The quantitative estimate of drug-likeness (QED) is 0.453. The molecule has 9 heavy (non-hydrogen) atoms. The van der Waals surface area contributed by atoms with E-state index in [0.29, 0.717) is 0 Å². The van der Waals surface area contributed by atoms with E-state index in [0.717, 1.165) is 0 Å². The predicted octanol–water partition coefficient (Wildman–Crippen LogP) is 2.83. The van der Waals surface area contributed by atoms with E-state index in [4.69, 9.17) is 0 Å². The summed E-state index contributed by atoms with van der Waals surface area (Å²) < 4.78 is 59.2. The third kappa shape index (κ3) is 56900. The summed E-state index contributed by atoms with van der Waals surface area (Å²) in [5, 5.41) is 0. The van der Waals surface area contributed by atoms with Crippen LogP contribution in [0.1, 0.15) is 1.43 Å². The summed E-state index contributed by atoms with van der Waals surface area (Å²) in [6, 6.07) is 0. The molecule has 0 aliphatic rings. The average molecular weight is 181 g/mol. The number of rotatable bonds is 0. The summed E-state index contributed by atoms with van der Waals surface area (Å²) in [5.41, 5.74) is 0. The van der Waals surface area contributed by atoms with Gasteiger partial charge in [-0.25, -0.2) is 0 Å². The van der Waals surface area contributed by atoms with Crippen molar-refractivity contribution in [3.05, 3.63) is 0 Å². The molecule has 0 radical (unpaired) electrons. The van der Waals surface area contributed by atoms with Gasteiger partial charge in [0.15, 0.2) is 0 Å². The third-order valence-electron chi connectivity index (χ3n) is 0. The standard InChI is InChI=1S/F6P.H3N.H2O/c1-7(2,3,4,5)6;;/h;1H3;1H2/q-1;;/p+1. The second kappa shape index (κ2) is 1.71. The van der Waals surface area contributed by atoms with Crippen LogP contribution in [0.5, 0.6) is 0 Å². The fourth-order valence-corrected chi connectivity index (χ4v) is 0. The Kier molecular flexibility index (Phi) is 3.03. The molecule has 0 bridgehead atoms. The SMILES string of the molecule is F[P-](F)(F)(F)(F)F.N.O.[H+]. The number of halogens is 6. The molecule has 9 heteroatoms. The summed E-state index contributed by atoms with van der Waals surface area (Å²) in [4.78, 5) is 0. The maximum absolute atomic E-state index is 10.7. The molecule has 0 amide bonds.